The summed E-state index contributed by atoms with van der Waals surface area (Å²) in [6.45, 7) is 0.580. The van der Waals surface area contributed by atoms with Crippen molar-refractivity contribution in [1.29, 1.82) is 0 Å². The number of rotatable bonds is 13. The van der Waals surface area contributed by atoms with E-state index in [4.69, 9.17) is 5.73 Å². The summed E-state index contributed by atoms with van der Waals surface area (Å²) in [7, 11) is 0.769. The Kier molecular flexibility index (Phi) is 9.65. The minimum Gasteiger partial charge on any atom is -0.368 e. The summed E-state index contributed by atoms with van der Waals surface area (Å²) in [4.78, 5) is 37.9. The fourth-order valence-corrected chi connectivity index (χ4v) is 4.59. The summed E-state index contributed by atoms with van der Waals surface area (Å²) in [5.41, 5.74) is 5.41. The molecular weight excluding hydrogens is 434 g/mol. The van der Waals surface area contributed by atoms with Gasteiger partial charge in [0.2, 0.25) is 17.7 Å². The predicted molar refractivity (Wildman–Crippen MR) is 121 cm³/mol. The minimum atomic E-state index is -3.74. The number of nitrogens with one attached hydrogen (secondary N) is 2. The number of allylic oxidation sites excluding steroid dienone is 2. The van der Waals surface area contributed by atoms with E-state index in [1.807, 2.05) is 12.2 Å². The summed E-state index contributed by atoms with van der Waals surface area (Å²) < 4.78 is 26.5. The number of nitrogens with zero attached hydrogens (tertiary/aromatic N) is 2. The first-order chi connectivity index (χ1) is 15.1. The van der Waals surface area contributed by atoms with Crippen molar-refractivity contribution in [3.63, 3.8) is 0 Å². The van der Waals surface area contributed by atoms with Gasteiger partial charge in [0.05, 0.1) is 6.04 Å². The van der Waals surface area contributed by atoms with E-state index in [-0.39, 0.29) is 23.8 Å². The van der Waals surface area contributed by atoms with Gasteiger partial charge in [-0.25, -0.2) is 4.72 Å². The molecule has 0 unspecified atom stereocenters. The number of primary amides is 1. The van der Waals surface area contributed by atoms with E-state index in [0.29, 0.717) is 25.8 Å². The first-order valence-corrected chi connectivity index (χ1v) is 12.7. The summed E-state index contributed by atoms with van der Waals surface area (Å²) in [5.74, 6) is -1.13. The van der Waals surface area contributed by atoms with Crippen LogP contribution < -0.4 is 15.8 Å². The van der Waals surface area contributed by atoms with E-state index in [9.17, 15) is 22.8 Å². The van der Waals surface area contributed by atoms with Crippen LogP contribution in [0.3, 0.4) is 0 Å². The van der Waals surface area contributed by atoms with Crippen molar-refractivity contribution in [2.75, 3.05) is 27.7 Å². The second-order valence-corrected chi connectivity index (χ2v) is 10.6. The molecule has 10 nitrogen and oxygen atoms in total. The zero-order chi connectivity index (χ0) is 23.9. The van der Waals surface area contributed by atoms with Gasteiger partial charge in [-0.3, -0.25) is 14.4 Å². The van der Waals surface area contributed by atoms with Crippen LogP contribution in [0.1, 0.15) is 51.4 Å². The van der Waals surface area contributed by atoms with Crippen molar-refractivity contribution in [2.24, 2.45) is 17.6 Å². The first-order valence-electron chi connectivity index (χ1n) is 11.3. The molecule has 0 aromatic heterocycles. The monoisotopic (exact) mass is 471 g/mol. The molecule has 1 heterocycles. The van der Waals surface area contributed by atoms with E-state index in [2.05, 4.69) is 10.0 Å². The standard InChI is InChI=1S/C21H37N5O5S/c1-23-17(21(29)26-13-9-12-18(26)19(22)27)11-8-6-4-5-7-10-15-14-16(15)20(28)24-32(30,31)25(2)3/h7,10,15-18,23H,4-6,8-9,11-14H2,1-3H3,(H2,22,27)(H,24,28)/b10-7-/t15-,16+,17+,18+/m1/s1. The quantitative estimate of drug-likeness (QED) is 0.257. The molecule has 182 valence electrons. The molecule has 0 aromatic carbocycles. The molecule has 4 N–H and O–H groups in total. The highest BCUT2D eigenvalue weighted by atomic mass is 32.2. The maximum absolute atomic E-state index is 12.7. The molecular formula is C21H37N5O5S. The van der Waals surface area contributed by atoms with Gasteiger partial charge < -0.3 is 16.0 Å². The predicted octanol–water partition coefficient (Wildman–Crippen LogP) is 0.116. The molecule has 0 spiro atoms. The summed E-state index contributed by atoms with van der Waals surface area (Å²) in [6, 6.07) is -0.797. The van der Waals surface area contributed by atoms with E-state index >= 15 is 0 Å². The zero-order valence-corrected chi connectivity index (χ0v) is 20.1. The van der Waals surface area contributed by atoms with Crippen molar-refractivity contribution in [3.8, 4) is 0 Å². The van der Waals surface area contributed by atoms with Crippen LogP contribution >= 0.6 is 0 Å². The molecule has 1 saturated carbocycles. The molecule has 2 aliphatic rings. The average molecular weight is 472 g/mol. The van der Waals surface area contributed by atoms with Crippen LogP contribution in [0.25, 0.3) is 0 Å². The largest absolute Gasteiger partial charge is 0.368 e. The SMILES string of the molecule is CN[C@@H](CCCCC/C=C\[C@@H]1C[C@@H]1C(=O)NS(=O)(=O)N(C)C)C(=O)N1CCC[C@H]1C(N)=O. The lowest BCUT2D eigenvalue weighted by atomic mass is 10.1. The van der Waals surface area contributed by atoms with Gasteiger partial charge in [0, 0.05) is 26.6 Å². The molecule has 32 heavy (non-hydrogen) atoms. The molecule has 1 saturated heterocycles. The maximum atomic E-state index is 12.7. The molecule has 3 amide bonds. The molecule has 11 heteroatoms. The average Bonchev–Trinajstić information content (AvgIpc) is 3.32. The molecule has 1 aliphatic carbocycles. The highest BCUT2D eigenvalue weighted by Crippen LogP contribution is 2.40. The maximum Gasteiger partial charge on any atom is 0.303 e. The topological polar surface area (TPSA) is 142 Å². The van der Waals surface area contributed by atoms with Gasteiger partial charge in [-0.15, -0.1) is 0 Å². The van der Waals surface area contributed by atoms with Crippen LogP contribution in [0.5, 0.6) is 0 Å². The second-order valence-electron chi connectivity index (χ2n) is 8.76. The molecule has 0 radical (unpaired) electrons. The van der Waals surface area contributed by atoms with Crippen molar-refractivity contribution >= 4 is 27.9 Å². The zero-order valence-electron chi connectivity index (χ0n) is 19.2. The van der Waals surface area contributed by atoms with Crippen LogP contribution in [0.15, 0.2) is 12.2 Å². The number of likely N-dealkylation sites (N-methyl/N-ethyl adjacent to an activating group) is 1. The van der Waals surface area contributed by atoms with Gasteiger partial charge in [-0.2, -0.15) is 12.7 Å². The van der Waals surface area contributed by atoms with Crippen molar-refractivity contribution in [2.45, 2.75) is 63.5 Å². The van der Waals surface area contributed by atoms with Gasteiger partial charge in [0.1, 0.15) is 6.04 Å². The second kappa shape index (κ2) is 11.8. The number of likely N-dealkylation sites (tertiary alicyclic amines) is 1. The lowest BCUT2D eigenvalue weighted by Crippen LogP contribution is -2.50. The van der Waals surface area contributed by atoms with Crippen LogP contribution in [-0.4, -0.2) is 75.1 Å². The van der Waals surface area contributed by atoms with E-state index < -0.39 is 28.1 Å². The van der Waals surface area contributed by atoms with Crippen molar-refractivity contribution < 1.29 is 22.8 Å². The lowest BCUT2D eigenvalue weighted by molar-refractivity contribution is -0.139. The van der Waals surface area contributed by atoms with Gasteiger partial charge in [0.15, 0.2) is 0 Å². The molecule has 2 rings (SSSR count). The molecule has 0 aromatic rings. The Morgan fingerprint density at radius 1 is 1.22 bits per heavy atom. The Labute approximate surface area is 191 Å². The highest BCUT2D eigenvalue weighted by Gasteiger charge is 2.42. The molecule has 0 bridgehead atoms. The lowest BCUT2D eigenvalue weighted by Gasteiger charge is -2.27. The first kappa shape index (κ1) is 26.3. The molecule has 4 atom stereocenters. The Balaban J connectivity index is 1.63. The van der Waals surface area contributed by atoms with Crippen molar-refractivity contribution in [1.82, 2.24) is 19.2 Å². The molecule has 1 aliphatic heterocycles. The van der Waals surface area contributed by atoms with E-state index in [1.165, 1.54) is 14.1 Å². The Morgan fingerprint density at radius 2 is 1.94 bits per heavy atom. The third-order valence-corrected chi connectivity index (χ3v) is 7.57. The Hall–Kier alpha value is -1.98. The van der Waals surface area contributed by atoms with Gasteiger partial charge in [0.25, 0.3) is 0 Å². The third-order valence-electron chi connectivity index (χ3n) is 6.14. The van der Waals surface area contributed by atoms with E-state index in [0.717, 1.165) is 36.4 Å². The van der Waals surface area contributed by atoms with Crippen LogP contribution in [0.2, 0.25) is 0 Å². The van der Waals surface area contributed by atoms with Crippen LogP contribution in [0.4, 0.5) is 0 Å². The minimum absolute atomic E-state index is 0.0528. The highest BCUT2D eigenvalue weighted by molar-refractivity contribution is 7.87. The van der Waals surface area contributed by atoms with E-state index in [1.54, 1.807) is 11.9 Å². The van der Waals surface area contributed by atoms with Gasteiger partial charge >= 0.3 is 10.2 Å². The number of amides is 3. The number of hydrogen-bond acceptors (Lipinski definition) is 6. The summed E-state index contributed by atoms with van der Waals surface area (Å²) in [5, 5.41) is 3.06. The Bertz CT molecular complexity index is 813. The summed E-state index contributed by atoms with van der Waals surface area (Å²) in [6.07, 6.45) is 10.5. The number of nitrogens with two attached hydrogens (primary N) is 1. The number of unbranched alkanes of at least 4 members (excludes halogenated alkanes) is 3. The normalized spacial score (nSPS) is 24.1. The van der Waals surface area contributed by atoms with Gasteiger partial charge in [-0.1, -0.05) is 25.0 Å². The number of hydrogen-bond donors (Lipinski definition) is 3. The fraction of sp³-hybridized carbons (Fsp3) is 0.762. The smallest absolute Gasteiger partial charge is 0.303 e. The molecule has 2 fully saturated rings. The third kappa shape index (κ3) is 7.28. The summed E-state index contributed by atoms with van der Waals surface area (Å²) >= 11 is 0. The van der Waals surface area contributed by atoms with Crippen LogP contribution in [0, 0.1) is 11.8 Å². The number of carbonyl (C=O) groups excluding carboxylic acids is 3. The Morgan fingerprint density at radius 3 is 2.56 bits per heavy atom. The van der Waals surface area contributed by atoms with Crippen molar-refractivity contribution in [3.05, 3.63) is 12.2 Å². The van der Waals surface area contributed by atoms with Crippen LogP contribution in [-0.2, 0) is 24.6 Å². The number of carbonyl (C=O) groups is 3. The fourth-order valence-electron chi connectivity index (χ4n) is 4.00. The van der Waals surface area contributed by atoms with Gasteiger partial charge in [-0.05, 0) is 51.5 Å².